The van der Waals surface area contributed by atoms with Crippen LogP contribution in [0.2, 0.25) is 0 Å². The van der Waals surface area contributed by atoms with Gasteiger partial charge in [0.15, 0.2) is 0 Å². The van der Waals surface area contributed by atoms with Gasteiger partial charge in [-0.05, 0) is 76.9 Å². The van der Waals surface area contributed by atoms with E-state index in [0.717, 1.165) is 25.4 Å². The quantitative estimate of drug-likeness (QED) is 0.842. The van der Waals surface area contributed by atoms with Crippen LogP contribution in [0.1, 0.15) is 65.2 Å². The van der Waals surface area contributed by atoms with Gasteiger partial charge in [-0.3, -0.25) is 0 Å². The predicted octanol–water partition coefficient (Wildman–Crippen LogP) is 3.56. The Morgan fingerprint density at radius 3 is 2.43 bits per heavy atom. The zero-order valence-electron chi connectivity index (χ0n) is 14.4. The molecule has 0 aliphatic heterocycles. The van der Waals surface area contributed by atoms with Gasteiger partial charge in [-0.15, -0.1) is 0 Å². The van der Waals surface area contributed by atoms with E-state index < -0.39 is 0 Å². The first-order valence-electron chi connectivity index (χ1n) is 8.73. The van der Waals surface area contributed by atoms with E-state index in [1.807, 2.05) is 7.05 Å². The molecule has 2 fully saturated rings. The lowest BCUT2D eigenvalue weighted by molar-refractivity contribution is 0.119. The second-order valence-corrected chi connectivity index (χ2v) is 8.09. The van der Waals surface area contributed by atoms with Gasteiger partial charge in [0.2, 0.25) is 0 Å². The molecule has 21 heavy (non-hydrogen) atoms. The van der Waals surface area contributed by atoms with Crippen LogP contribution in [0, 0.1) is 22.7 Å². The number of nitriles is 1. The molecule has 3 heteroatoms. The fraction of sp³-hybridized carbons (Fsp3) is 0.944. The Morgan fingerprint density at radius 2 is 1.86 bits per heavy atom. The molecule has 0 radical (unpaired) electrons. The van der Waals surface area contributed by atoms with Crippen LogP contribution in [0.4, 0.5) is 0 Å². The lowest BCUT2D eigenvalue weighted by Crippen LogP contribution is -2.46. The first-order valence-corrected chi connectivity index (χ1v) is 8.73. The first kappa shape index (κ1) is 16.8. The third-order valence-corrected chi connectivity index (χ3v) is 6.23. The maximum Gasteiger partial charge on any atom is 0.109 e. The Kier molecular flexibility index (Phi) is 5.33. The van der Waals surface area contributed by atoms with Crippen molar-refractivity contribution >= 4 is 0 Å². The van der Waals surface area contributed by atoms with Crippen molar-refractivity contribution in [2.45, 2.75) is 76.8 Å². The molecular weight excluding hydrogens is 258 g/mol. The highest BCUT2D eigenvalue weighted by Gasteiger charge is 2.41. The highest BCUT2D eigenvalue weighted by molar-refractivity contribution is 5.13. The van der Waals surface area contributed by atoms with Crippen molar-refractivity contribution in [1.82, 2.24) is 10.2 Å². The van der Waals surface area contributed by atoms with Crippen LogP contribution in [0.3, 0.4) is 0 Å². The van der Waals surface area contributed by atoms with Crippen molar-refractivity contribution in [3.63, 3.8) is 0 Å². The molecule has 2 saturated carbocycles. The summed E-state index contributed by atoms with van der Waals surface area (Å²) < 4.78 is 0. The second-order valence-electron chi connectivity index (χ2n) is 8.09. The lowest BCUT2D eigenvalue weighted by atomic mass is 9.75. The minimum absolute atomic E-state index is 0.255. The van der Waals surface area contributed by atoms with Crippen LogP contribution in [0.5, 0.6) is 0 Å². The van der Waals surface area contributed by atoms with Gasteiger partial charge in [0.05, 0.1) is 6.07 Å². The fourth-order valence-corrected chi connectivity index (χ4v) is 4.37. The first-order chi connectivity index (χ1) is 9.92. The molecule has 2 atom stereocenters. The number of hydrogen-bond donors (Lipinski definition) is 1. The topological polar surface area (TPSA) is 39.1 Å². The number of rotatable bonds is 5. The maximum atomic E-state index is 9.53. The molecule has 0 spiro atoms. The summed E-state index contributed by atoms with van der Waals surface area (Å²) in [6, 6.07) is 3.32. The SMILES string of the molecule is CNC1(C#N)CCCC1CCN(C)C1CCC(C)(C)CC1. The molecule has 0 amide bonds. The predicted molar refractivity (Wildman–Crippen MR) is 88.0 cm³/mol. The molecule has 0 saturated heterocycles. The molecule has 2 unspecified atom stereocenters. The summed E-state index contributed by atoms with van der Waals surface area (Å²) in [6.45, 7) is 5.94. The van der Waals surface area contributed by atoms with Crippen LogP contribution in [0.15, 0.2) is 0 Å². The maximum absolute atomic E-state index is 9.53. The molecule has 0 aromatic rings. The van der Waals surface area contributed by atoms with Gasteiger partial charge in [-0.1, -0.05) is 20.3 Å². The van der Waals surface area contributed by atoms with E-state index in [-0.39, 0.29) is 5.54 Å². The van der Waals surface area contributed by atoms with E-state index in [2.05, 4.69) is 37.2 Å². The molecule has 0 aromatic heterocycles. The standard InChI is InChI=1S/C18H33N3/c1-17(2)11-7-16(8-12-17)21(4)13-9-15-6-5-10-18(15,14-19)20-3/h15-16,20H,5-13H2,1-4H3. The van der Waals surface area contributed by atoms with Gasteiger partial charge in [0.1, 0.15) is 5.54 Å². The average molecular weight is 291 g/mol. The molecule has 3 nitrogen and oxygen atoms in total. The highest BCUT2D eigenvalue weighted by atomic mass is 15.1. The van der Waals surface area contributed by atoms with E-state index in [0.29, 0.717) is 11.3 Å². The minimum Gasteiger partial charge on any atom is -0.303 e. The van der Waals surface area contributed by atoms with Crippen molar-refractivity contribution in [1.29, 1.82) is 5.26 Å². The zero-order chi connectivity index (χ0) is 15.5. The summed E-state index contributed by atoms with van der Waals surface area (Å²) in [5.41, 5.74) is 0.292. The third-order valence-electron chi connectivity index (χ3n) is 6.23. The molecule has 2 aliphatic carbocycles. The Labute approximate surface area is 131 Å². The van der Waals surface area contributed by atoms with Crippen LogP contribution < -0.4 is 5.32 Å². The summed E-state index contributed by atoms with van der Waals surface area (Å²) in [5, 5.41) is 12.8. The average Bonchev–Trinajstić information content (AvgIpc) is 2.88. The van der Waals surface area contributed by atoms with Gasteiger partial charge in [-0.25, -0.2) is 0 Å². The largest absolute Gasteiger partial charge is 0.303 e. The smallest absolute Gasteiger partial charge is 0.109 e. The van der Waals surface area contributed by atoms with Crippen LogP contribution in [-0.2, 0) is 0 Å². The van der Waals surface area contributed by atoms with E-state index >= 15 is 0 Å². The minimum atomic E-state index is -0.255. The van der Waals surface area contributed by atoms with Crippen molar-refractivity contribution in [3.05, 3.63) is 0 Å². The third kappa shape index (κ3) is 3.79. The van der Waals surface area contributed by atoms with Crippen molar-refractivity contribution in [2.75, 3.05) is 20.6 Å². The molecule has 0 heterocycles. The molecule has 0 aromatic carbocycles. The summed E-state index contributed by atoms with van der Waals surface area (Å²) in [7, 11) is 4.24. The summed E-state index contributed by atoms with van der Waals surface area (Å²) in [6.07, 6.45) is 9.96. The monoisotopic (exact) mass is 291 g/mol. The molecule has 120 valence electrons. The number of hydrogen-bond acceptors (Lipinski definition) is 3. The molecule has 0 bridgehead atoms. The van der Waals surface area contributed by atoms with Gasteiger partial charge < -0.3 is 10.2 Å². The van der Waals surface area contributed by atoms with Gasteiger partial charge in [0.25, 0.3) is 0 Å². The Morgan fingerprint density at radius 1 is 1.19 bits per heavy atom. The van der Waals surface area contributed by atoms with Gasteiger partial charge >= 0.3 is 0 Å². The van der Waals surface area contributed by atoms with E-state index in [9.17, 15) is 5.26 Å². The normalized spacial score (nSPS) is 33.2. The summed E-state index contributed by atoms with van der Waals surface area (Å²) >= 11 is 0. The number of nitrogens with zero attached hydrogens (tertiary/aromatic N) is 2. The highest BCUT2D eigenvalue weighted by Crippen LogP contribution is 2.39. The molecular formula is C18H33N3. The van der Waals surface area contributed by atoms with Crippen LogP contribution >= 0.6 is 0 Å². The van der Waals surface area contributed by atoms with E-state index in [4.69, 9.17) is 0 Å². The van der Waals surface area contributed by atoms with Gasteiger partial charge in [0, 0.05) is 6.04 Å². The number of nitrogens with one attached hydrogen (secondary N) is 1. The Bertz CT molecular complexity index is 374. The lowest BCUT2D eigenvalue weighted by Gasteiger charge is -2.39. The van der Waals surface area contributed by atoms with Crippen molar-refractivity contribution in [2.24, 2.45) is 11.3 Å². The Balaban J connectivity index is 1.82. The van der Waals surface area contributed by atoms with E-state index in [1.54, 1.807) is 0 Å². The fourth-order valence-electron chi connectivity index (χ4n) is 4.37. The summed E-state index contributed by atoms with van der Waals surface area (Å²) in [4.78, 5) is 2.56. The van der Waals surface area contributed by atoms with Gasteiger partial charge in [-0.2, -0.15) is 5.26 Å². The Hall–Kier alpha value is -0.590. The second kappa shape index (κ2) is 6.67. The van der Waals surface area contributed by atoms with Crippen LogP contribution in [-0.4, -0.2) is 37.1 Å². The van der Waals surface area contributed by atoms with Crippen molar-refractivity contribution in [3.8, 4) is 6.07 Å². The molecule has 2 rings (SSSR count). The zero-order valence-corrected chi connectivity index (χ0v) is 14.4. The molecule has 1 N–H and O–H groups in total. The summed E-state index contributed by atoms with van der Waals surface area (Å²) in [5.74, 6) is 0.523. The van der Waals surface area contributed by atoms with E-state index in [1.165, 1.54) is 38.5 Å². The van der Waals surface area contributed by atoms with Crippen LogP contribution in [0.25, 0.3) is 0 Å². The molecule has 2 aliphatic rings. The van der Waals surface area contributed by atoms with Crippen molar-refractivity contribution < 1.29 is 0 Å².